The standard InChI is InChI=1S/C14H11Cl3N2O/c1-7-2-3-8(4-9(7)15)14(20)19-13-6-10(16)12(18)5-11(13)17/h2-6H,18H2,1H3,(H,19,20). The Hall–Kier alpha value is -1.42. The summed E-state index contributed by atoms with van der Waals surface area (Å²) in [6.45, 7) is 1.86. The highest BCUT2D eigenvalue weighted by molar-refractivity contribution is 6.37. The molecule has 0 heterocycles. The van der Waals surface area contributed by atoms with Crippen molar-refractivity contribution in [2.75, 3.05) is 11.1 Å². The van der Waals surface area contributed by atoms with Gasteiger partial charge in [-0.15, -0.1) is 0 Å². The molecule has 0 saturated heterocycles. The molecule has 0 aliphatic heterocycles. The minimum atomic E-state index is -0.324. The molecule has 2 rings (SSSR count). The third-order valence-electron chi connectivity index (χ3n) is 2.77. The van der Waals surface area contributed by atoms with Gasteiger partial charge in [0.25, 0.3) is 5.91 Å². The van der Waals surface area contributed by atoms with Crippen LogP contribution in [0.4, 0.5) is 11.4 Å². The number of amides is 1. The monoisotopic (exact) mass is 328 g/mol. The van der Waals surface area contributed by atoms with Crippen molar-refractivity contribution in [1.82, 2.24) is 0 Å². The van der Waals surface area contributed by atoms with E-state index in [1.54, 1.807) is 18.2 Å². The molecular formula is C14H11Cl3N2O. The van der Waals surface area contributed by atoms with Crippen molar-refractivity contribution < 1.29 is 4.79 Å². The molecule has 2 aromatic rings. The molecule has 0 radical (unpaired) electrons. The summed E-state index contributed by atoms with van der Waals surface area (Å²) in [5.74, 6) is -0.324. The fraction of sp³-hybridized carbons (Fsp3) is 0.0714. The molecular weight excluding hydrogens is 319 g/mol. The Morgan fingerprint density at radius 3 is 2.40 bits per heavy atom. The second-order valence-electron chi connectivity index (χ2n) is 4.27. The first-order valence-corrected chi connectivity index (χ1v) is 6.84. The van der Waals surface area contributed by atoms with Crippen molar-refractivity contribution >= 4 is 52.1 Å². The Morgan fingerprint density at radius 2 is 1.75 bits per heavy atom. The van der Waals surface area contributed by atoms with Crippen LogP contribution < -0.4 is 11.1 Å². The lowest BCUT2D eigenvalue weighted by molar-refractivity contribution is 0.102. The number of rotatable bonds is 2. The molecule has 0 saturated carbocycles. The molecule has 3 nitrogen and oxygen atoms in total. The first-order valence-electron chi connectivity index (χ1n) is 5.70. The minimum absolute atomic E-state index is 0.318. The van der Waals surface area contributed by atoms with Gasteiger partial charge in [0.2, 0.25) is 0 Å². The quantitative estimate of drug-likeness (QED) is 0.778. The van der Waals surface area contributed by atoms with Gasteiger partial charge in [0.1, 0.15) is 0 Å². The topological polar surface area (TPSA) is 55.1 Å². The molecule has 0 unspecified atom stereocenters. The minimum Gasteiger partial charge on any atom is -0.397 e. The van der Waals surface area contributed by atoms with Crippen LogP contribution in [0.25, 0.3) is 0 Å². The van der Waals surface area contributed by atoms with E-state index in [2.05, 4.69) is 5.32 Å². The van der Waals surface area contributed by atoms with Gasteiger partial charge < -0.3 is 11.1 Å². The summed E-state index contributed by atoms with van der Waals surface area (Å²) in [4.78, 5) is 12.1. The highest BCUT2D eigenvalue weighted by Crippen LogP contribution is 2.31. The van der Waals surface area contributed by atoms with E-state index in [9.17, 15) is 4.79 Å². The number of carbonyl (C=O) groups excluding carboxylic acids is 1. The van der Waals surface area contributed by atoms with Crippen LogP contribution in [0.3, 0.4) is 0 Å². The maximum atomic E-state index is 12.1. The van der Waals surface area contributed by atoms with Gasteiger partial charge in [-0.05, 0) is 36.8 Å². The number of anilines is 2. The van der Waals surface area contributed by atoms with Crippen molar-refractivity contribution in [2.24, 2.45) is 0 Å². The van der Waals surface area contributed by atoms with Gasteiger partial charge in [0.05, 0.1) is 21.4 Å². The van der Waals surface area contributed by atoms with Crippen LogP contribution in [0.2, 0.25) is 15.1 Å². The lowest BCUT2D eigenvalue weighted by atomic mass is 10.1. The Kier molecular flexibility index (Phi) is 4.43. The first kappa shape index (κ1) is 15.0. The number of nitrogens with one attached hydrogen (secondary N) is 1. The lowest BCUT2D eigenvalue weighted by Crippen LogP contribution is -2.12. The van der Waals surface area contributed by atoms with E-state index >= 15 is 0 Å². The Morgan fingerprint density at radius 1 is 1.05 bits per heavy atom. The smallest absolute Gasteiger partial charge is 0.255 e. The van der Waals surface area contributed by atoms with E-state index in [-0.39, 0.29) is 5.91 Å². The predicted octanol–water partition coefficient (Wildman–Crippen LogP) is 4.79. The van der Waals surface area contributed by atoms with Crippen molar-refractivity contribution in [3.05, 3.63) is 56.5 Å². The molecule has 20 heavy (non-hydrogen) atoms. The number of nitrogens with two attached hydrogens (primary N) is 1. The molecule has 3 N–H and O–H groups in total. The summed E-state index contributed by atoms with van der Waals surface area (Å²) in [5.41, 5.74) is 7.71. The van der Waals surface area contributed by atoms with E-state index in [1.165, 1.54) is 12.1 Å². The summed E-state index contributed by atoms with van der Waals surface area (Å²) >= 11 is 17.9. The van der Waals surface area contributed by atoms with Crippen LogP contribution in [0.15, 0.2) is 30.3 Å². The molecule has 0 bridgehead atoms. The Balaban J connectivity index is 2.27. The van der Waals surface area contributed by atoms with Gasteiger partial charge in [-0.3, -0.25) is 4.79 Å². The van der Waals surface area contributed by atoms with E-state index in [0.29, 0.717) is 32.0 Å². The summed E-state index contributed by atoms with van der Waals surface area (Å²) in [5, 5.41) is 3.84. The fourth-order valence-corrected chi connectivity index (χ4v) is 2.15. The maximum Gasteiger partial charge on any atom is 0.255 e. The van der Waals surface area contributed by atoms with Crippen LogP contribution in [0.5, 0.6) is 0 Å². The molecule has 0 fully saturated rings. The largest absolute Gasteiger partial charge is 0.397 e. The highest BCUT2D eigenvalue weighted by atomic mass is 35.5. The van der Waals surface area contributed by atoms with Gasteiger partial charge in [-0.25, -0.2) is 0 Å². The van der Waals surface area contributed by atoms with Gasteiger partial charge in [-0.2, -0.15) is 0 Å². The third-order valence-corrected chi connectivity index (χ3v) is 3.82. The number of halogens is 3. The predicted molar refractivity (Wildman–Crippen MR) is 85.0 cm³/mol. The number of benzene rings is 2. The third kappa shape index (κ3) is 3.18. The van der Waals surface area contributed by atoms with Crippen molar-refractivity contribution in [2.45, 2.75) is 6.92 Å². The second-order valence-corrected chi connectivity index (χ2v) is 5.49. The van der Waals surface area contributed by atoms with E-state index in [1.807, 2.05) is 6.92 Å². The van der Waals surface area contributed by atoms with Crippen LogP contribution in [-0.2, 0) is 0 Å². The van der Waals surface area contributed by atoms with Crippen molar-refractivity contribution in [1.29, 1.82) is 0 Å². The fourth-order valence-electron chi connectivity index (χ4n) is 1.59. The van der Waals surface area contributed by atoms with E-state index in [0.717, 1.165) is 5.56 Å². The zero-order valence-corrected chi connectivity index (χ0v) is 12.8. The number of carbonyl (C=O) groups is 1. The molecule has 0 aliphatic carbocycles. The average molecular weight is 330 g/mol. The number of hydrogen-bond donors (Lipinski definition) is 2. The summed E-state index contributed by atoms with van der Waals surface area (Å²) < 4.78 is 0. The molecule has 0 aromatic heterocycles. The molecule has 104 valence electrons. The van der Waals surface area contributed by atoms with Crippen LogP contribution >= 0.6 is 34.8 Å². The normalized spacial score (nSPS) is 10.4. The first-order chi connectivity index (χ1) is 9.38. The summed E-state index contributed by atoms with van der Waals surface area (Å²) in [7, 11) is 0. The Bertz CT molecular complexity index is 686. The zero-order chi connectivity index (χ0) is 14.9. The molecule has 0 atom stereocenters. The molecule has 0 spiro atoms. The van der Waals surface area contributed by atoms with Gasteiger partial charge in [0, 0.05) is 10.6 Å². The summed E-state index contributed by atoms with van der Waals surface area (Å²) in [6, 6.07) is 8.05. The number of hydrogen-bond acceptors (Lipinski definition) is 2. The molecule has 0 aliphatic rings. The molecule has 1 amide bonds. The maximum absolute atomic E-state index is 12.1. The van der Waals surface area contributed by atoms with Crippen LogP contribution in [0.1, 0.15) is 15.9 Å². The highest BCUT2D eigenvalue weighted by Gasteiger charge is 2.11. The van der Waals surface area contributed by atoms with Gasteiger partial charge >= 0.3 is 0 Å². The molecule has 6 heteroatoms. The number of nitrogen functional groups attached to an aromatic ring is 1. The summed E-state index contributed by atoms with van der Waals surface area (Å²) in [6.07, 6.45) is 0. The van der Waals surface area contributed by atoms with Crippen molar-refractivity contribution in [3.8, 4) is 0 Å². The van der Waals surface area contributed by atoms with Crippen LogP contribution in [0, 0.1) is 6.92 Å². The lowest BCUT2D eigenvalue weighted by Gasteiger charge is -2.10. The second kappa shape index (κ2) is 5.92. The van der Waals surface area contributed by atoms with Gasteiger partial charge in [0.15, 0.2) is 0 Å². The van der Waals surface area contributed by atoms with Crippen molar-refractivity contribution in [3.63, 3.8) is 0 Å². The average Bonchev–Trinajstić information content (AvgIpc) is 2.39. The Labute approximate surface area is 131 Å². The zero-order valence-electron chi connectivity index (χ0n) is 10.5. The SMILES string of the molecule is Cc1ccc(C(=O)Nc2cc(Cl)c(N)cc2Cl)cc1Cl. The van der Waals surface area contributed by atoms with Crippen LogP contribution in [-0.4, -0.2) is 5.91 Å². The van der Waals surface area contributed by atoms with Gasteiger partial charge in [-0.1, -0.05) is 40.9 Å². The van der Waals surface area contributed by atoms with E-state index < -0.39 is 0 Å². The molecule has 2 aromatic carbocycles. The number of aryl methyl sites for hydroxylation is 1. The van der Waals surface area contributed by atoms with E-state index in [4.69, 9.17) is 40.5 Å².